The summed E-state index contributed by atoms with van der Waals surface area (Å²) in [5.41, 5.74) is 6.71. The molecule has 0 heterocycles. The van der Waals surface area contributed by atoms with Crippen molar-refractivity contribution in [2.75, 3.05) is 0 Å². The lowest BCUT2D eigenvalue weighted by molar-refractivity contribution is 0.617. The molecule has 16 heavy (non-hydrogen) atoms. The number of nitrogens with zero attached hydrogens (tertiary/aromatic N) is 1. The molecule has 0 amide bonds. The van der Waals surface area contributed by atoms with Gasteiger partial charge in [0.25, 0.3) is 0 Å². The highest BCUT2D eigenvalue weighted by molar-refractivity contribution is 5.85. The van der Waals surface area contributed by atoms with Gasteiger partial charge in [-0.1, -0.05) is 12.1 Å². The SMILES string of the molecule is C=CCC[C@@H](N)c1ccc(F)c(C#N)c1.Cl. The lowest BCUT2D eigenvalue weighted by atomic mass is 10.0. The summed E-state index contributed by atoms with van der Waals surface area (Å²) in [5, 5.41) is 8.65. The molecule has 0 spiro atoms. The van der Waals surface area contributed by atoms with Crippen molar-refractivity contribution in [3.8, 4) is 6.07 Å². The fourth-order valence-corrected chi connectivity index (χ4v) is 1.32. The van der Waals surface area contributed by atoms with Crippen molar-refractivity contribution in [1.82, 2.24) is 0 Å². The smallest absolute Gasteiger partial charge is 0.140 e. The van der Waals surface area contributed by atoms with Gasteiger partial charge in [0, 0.05) is 6.04 Å². The molecule has 1 aromatic rings. The molecule has 0 radical (unpaired) electrons. The number of halogens is 2. The zero-order valence-electron chi connectivity index (χ0n) is 8.82. The molecule has 2 N–H and O–H groups in total. The molecule has 1 atom stereocenters. The van der Waals surface area contributed by atoms with Crippen molar-refractivity contribution in [3.05, 3.63) is 47.8 Å². The standard InChI is InChI=1S/C12H13FN2.ClH/c1-2-3-4-12(15)9-5-6-11(13)10(7-9)8-14;/h2,5-7,12H,1,3-4,15H2;1H/t12-;/m1./s1. The molecule has 0 fully saturated rings. The van der Waals surface area contributed by atoms with E-state index in [4.69, 9.17) is 11.0 Å². The quantitative estimate of drug-likeness (QED) is 0.823. The minimum absolute atomic E-state index is 0. The Hall–Kier alpha value is -1.37. The fraction of sp³-hybridized carbons (Fsp3) is 0.250. The van der Waals surface area contributed by atoms with Gasteiger partial charge in [-0.25, -0.2) is 4.39 Å². The minimum Gasteiger partial charge on any atom is -0.324 e. The van der Waals surface area contributed by atoms with Gasteiger partial charge in [0.05, 0.1) is 5.56 Å². The molecular weight excluding hydrogens is 227 g/mol. The van der Waals surface area contributed by atoms with Gasteiger partial charge >= 0.3 is 0 Å². The van der Waals surface area contributed by atoms with Crippen molar-refractivity contribution >= 4 is 12.4 Å². The summed E-state index contributed by atoms with van der Waals surface area (Å²) in [7, 11) is 0. The molecule has 0 aliphatic carbocycles. The van der Waals surface area contributed by atoms with Crippen LogP contribution in [-0.4, -0.2) is 0 Å². The first-order chi connectivity index (χ1) is 7.19. The van der Waals surface area contributed by atoms with Crippen LogP contribution in [0, 0.1) is 17.1 Å². The van der Waals surface area contributed by atoms with Crippen LogP contribution in [0.3, 0.4) is 0 Å². The Morgan fingerprint density at radius 2 is 2.25 bits per heavy atom. The molecule has 0 saturated carbocycles. The second kappa shape index (κ2) is 7.00. The molecule has 0 aliphatic rings. The van der Waals surface area contributed by atoms with Crippen LogP contribution in [0.15, 0.2) is 30.9 Å². The molecular formula is C12H14ClFN2. The van der Waals surface area contributed by atoms with E-state index in [-0.39, 0.29) is 24.0 Å². The van der Waals surface area contributed by atoms with Crippen LogP contribution < -0.4 is 5.73 Å². The second-order valence-corrected chi connectivity index (χ2v) is 3.32. The van der Waals surface area contributed by atoms with Crippen LogP contribution >= 0.6 is 12.4 Å². The van der Waals surface area contributed by atoms with E-state index >= 15 is 0 Å². The zero-order valence-corrected chi connectivity index (χ0v) is 9.64. The van der Waals surface area contributed by atoms with E-state index in [0.29, 0.717) is 0 Å². The third-order valence-corrected chi connectivity index (χ3v) is 2.22. The third-order valence-electron chi connectivity index (χ3n) is 2.22. The second-order valence-electron chi connectivity index (χ2n) is 3.32. The number of allylic oxidation sites excluding steroid dienone is 1. The Balaban J connectivity index is 0.00000225. The van der Waals surface area contributed by atoms with E-state index in [1.54, 1.807) is 18.2 Å². The summed E-state index contributed by atoms with van der Waals surface area (Å²) in [6.07, 6.45) is 3.34. The van der Waals surface area contributed by atoms with Crippen LogP contribution in [-0.2, 0) is 0 Å². The van der Waals surface area contributed by atoms with E-state index in [2.05, 4.69) is 6.58 Å². The van der Waals surface area contributed by atoms with Crippen molar-refractivity contribution in [1.29, 1.82) is 5.26 Å². The monoisotopic (exact) mass is 240 g/mol. The molecule has 2 nitrogen and oxygen atoms in total. The average molecular weight is 241 g/mol. The zero-order chi connectivity index (χ0) is 11.3. The molecule has 86 valence electrons. The van der Waals surface area contributed by atoms with E-state index in [1.165, 1.54) is 12.1 Å². The summed E-state index contributed by atoms with van der Waals surface area (Å²) in [4.78, 5) is 0. The molecule has 1 rings (SSSR count). The summed E-state index contributed by atoms with van der Waals surface area (Å²) >= 11 is 0. The van der Waals surface area contributed by atoms with Crippen molar-refractivity contribution in [3.63, 3.8) is 0 Å². The van der Waals surface area contributed by atoms with Gasteiger partial charge in [-0.3, -0.25) is 0 Å². The summed E-state index contributed by atoms with van der Waals surface area (Å²) in [6, 6.07) is 6.02. The van der Waals surface area contributed by atoms with Gasteiger partial charge < -0.3 is 5.73 Å². The summed E-state index contributed by atoms with van der Waals surface area (Å²) in [5.74, 6) is -0.503. The first kappa shape index (κ1) is 14.6. The van der Waals surface area contributed by atoms with Crippen molar-refractivity contribution in [2.24, 2.45) is 5.73 Å². The van der Waals surface area contributed by atoms with Gasteiger partial charge in [-0.2, -0.15) is 5.26 Å². The number of rotatable bonds is 4. The van der Waals surface area contributed by atoms with Gasteiger partial charge in [0.15, 0.2) is 0 Å². The Kier molecular flexibility index (Phi) is 6.40. The number of nitriles is 1. The molecule has 0 aliphatic heterocycles. The van der Waals surface area contributed by atoms with E-state index in [1.807, 2.05) is 0 Å². The topological polar surface area (TPSA) is 49.8 Å². The van der Waals surface area contributed by atoms with Crippen molar-refractivity contribution in [2.45, 2.75) is 18.9 Å². The maximum atomic E-state index is 13.0. The van der Waals surface area contributed by atoms with Crippen LogP contribution in [0.25, 0.3) is 0 Å². The minimum atomic E-state index is -0.503. The third kappa shape index (κ3) is 3.65. The summed E-state index contributed by atoms with van der Waals surface area (Å²) in [6.45, 7) is 3.61. The largest absolute Gasteiger partial charge is 0.324 e. The number of hydrogen-bond acceptors (Lipinski definition) is 2. The van der Waals surface area contributed by atoms with E-state index in [0.717, 1.165) is 18.4 Å². The Bertz CT molecular complexity index is 398. The molecule has 4 heteroatoms. The Morgan fingerprint density at radius 3 is 2.81 bits per heavy atom. The van der Waals surface area contributed by atoms with Crippen LogP contribution in [0.4, 0.5) is 4.39 Å². The van der Waals surface area contributed by atoms with Gasteiger partial charge in [0.1, 0.15) is 11.9 Å². The normalized spacial score (nSPS) is 11.1. The number of hydrogen-bond donors (Lipinski definition) is 1. The lowest BCUT2D eigenvalue weighted by Gasteiger charge is -2.10. The van der Waals surface area contributed by atoms with Crippen LogP contribution in [0.1, 0.15) is 30.0 Å². The Morgan fingerprint density at radius 1 is 1.56 bits per heavy atom. The molecule has 1 aromatic carbocycles. The first-order valence-corrected chi connectivity index (χ1v) is 4.75. The molecule has 0 unspecified atom stereocenters. The number of benzene rings is 1. The molecule has 0 saturated heterocycles. The highest BCUT2D eigenvalue weighted by Gasteiger charge is 2.08. The lowest BCUT2D eigenvalue weighted by Crippen LogP contribution is -2.10. The van der Waals surface area contributed by atoms with Crippen LogP contribution in [0.5, 0.6) is 0 Å². The van der Waals surface area contributed by atoms with Crippen LogP contribution in [0.2, 0.25) is 0 Å². The fourth-order valence-electron chi connectivity index (χ4n) is 1.32. The Labute approximate surface area is 101 Å². The molecule has 0 bridgehead atoms. The van der Waals surface area contributed by atoms with E-state index in [9.17, 15) is 4.39 Å². The number of nitrogens with two attached hydrogens (primary N) is 1. The van der Waals surface area contributed by atoms with Gasteiger partial charge in [-0.05, 0) is 30.5 Å². The van der Waals surface area contributed by atoms with E-state index < -0.39 is 5.82 Å². The maximum absolute atomic E-state index is 13.0. The predicted molar refractivity (Wildman–Crippen MR) is 64.7 cm³/mol. The highest BCUT2D eigenvalue weighted by Crippen LogP contribution is 2.18. The maximum Gasteiger partial charge on any atom is 0.140 e. The van der Waals surface area contributed by atoms with Gasteiger partial charge in [-0.15, -0.1) is 19.0 Å². The van der Waals surface area contributed by atoms with Gasteiger partial charge in [0.2, 0.25) is 0 Å². The first-order valence-electron chi connectivity index (χ1n) is 4.75. The molecule has 0 aromatic heterocycles. The predicted octanol–water partition coefficient (Wildman–Crippen LogP) is 3.09. The van der Waals surface area contributed by atoms with Crippen molar-refractivity contribution < 1.29 is 4.39 Å². The average Bonchev–Trinajstić information content (AvgIpc) is 2.26. The summed E-state index contributed by atoms with van der Waals surface area (Å²) < 4.78 is 13.0. The highest BCUT2D eigenvalue weighted by atomic mass is 35.5.